The van der Waals surface area contributed by atoms with Crippen LogP contribution in [0.15, 0.2) is 11.1 Å². The Morgan fingerprint density at radius 1 is 1.56 bits per heavy atom. The van der Waals surface area contributed by atoms with Crippen LogP contribution < -0.4 is 5.32 Å². The minimum absolute atomic E-state index is 1.16. The lowest BCUT2D eigenvalue weighted by molar-refractivity contribution is 0.728. The fourth-order valence-electron chi connectivity index (χ4n) is 0.942. The number of hydrogen-bond donors (Lipinski definition) is 1. The lowest BCUT2D eigenvalue weighted by Gasteiger charge is -2.02. The van der Waals surface area contributed by atoms with Crippen LogP contribution >= 0.6 is 11.8 Å². The average Bonchev–Trinajstić information content (AvgIpc) is 2.13. The summed E-state index contributed by atoms with van der Waals surface area (Å²) in [5.74, 6) is 0. The molecule has 0 saturated heterocycles. The molecule has 0 unspecified atom stereocenters. The second kappa shape index (κ2) is 3.83. The van der Waals surface area contributed by atoms with Gasteiger partial charge >= 0.3 is 0 Å². The molecule has 0 aromatic rings. The lowest BCUT2D eigenvalue weighted by Crippen LogP contribution is -2.09. The molecular formula is C7H13NS. The number of nitrogens with one attached hydrogen (secondary N) is 1. The Morgan fingerprint density at radius 3 is 3.22 bits per heavy atom. The van der Waals surface area contributed by atoms with Crippen molar-refractivity contribution in [3.8, 4) is 0 Å². The van der Waals surface area contributed by atoms with E-state index in [9.17, 15) is 0 Å². The van der Waals surface area contributed by atoms with Gasteiger partial charge < -0.3 is 5.32 Å². The van der Waals surface area contributed by atoms with Gasteiger partial charge in [-0.05, 0) is 25.5 Å². The summed E-state index contributed by atoms with van der Waals surface area (Å²) in [5.41, 5.74) is 0. The second-order valence-electron chi connectivity index (χ2n) is 2.20. The maximum atomic E-state index is 3.36. The molecule has 1 nitrogen and oxygen atoms in total. The standard InChI is InChI=1S/C7H13NS/c1-9-7-5-3-2-4-6-8-7/h5,8H,2-4,6H2,1H3. The number of rotatable bonds is 1. The van der Waals surface area contributed by atoms with Gasteiger partial charge in [0.15, 0.2) is 0 Å². The van der Waals surface area contributed by atoms with Gasteiger partial charge in [-0.25, -0.2) is 0 Å². The number of allylic oxidation sites excluding steroid dienone is 1. The van der Waals surface area contributed by atoms with E-state index >= 15 is 0 Å². The van der Waals surface area contributed by atoms with Crippen molar-refractivity contribution >= 4 is 11.8 Å². The molecule has 9 heavy (non-hydrogen) atoms. The third-order valence-electron chi connectivity index (χ3n) is 1.48. The summed E-state index contributed by atoms with van der Waals surface area (Å²) in [4.78, 5) is 0. The van der Waals surface area contributed by atoms with Gasteiger partial charge in [0.1, 0.15) is 0 Å². The molecule has 0 aromatic heterocycles. The van der Waals surface area contributed by atoms with E-state index in [0.717, 1.165) is 6.54 Å². The first-order valence-electron chi connectivity index (χ1n) is 3.41. The van der Waals surface area contributed by atoms with Crippen LogP contribution in [0.1, 0.15) is 19.3 Å². The molecular weight excluding hydrogens is 130 g/mol. The fourth-order valence-corrected chi connectivity index (χ4v) is 1.47. The minimum Gasteiger partial charge on any atom is -0.380 e. The van der Waals surface area contributed by atoms with Crippen LogP contribution in [-0.4, -0.2) is 12.8 Å². The summed E-state index contributed by atoms with van der Waals surface area (Å²) >= 11 is 1.81. The Bertz CT molecular complexity index is 109. The van der Waals surface area contributed by atoms with Crippen molar-refractivity contribution < 1.29 is 0 Å². The molecule has 1 aliphatic rings. The van der Waals surface area contributed by atoms with Gasteiger partial charge in [0.25, 0.3) is 0 Å². The maximum absolute atomic E-state index is 3.36. The van der Waals surface area contributed by atoms with Crippen LogP contribution in [0.3, 0.4) is 0 Å². The maximum Gasteiger partial charge on any atom is 0.0637 e. The van der Waals surface area contributed by atoms with Crippen LogP contribution in [0, 0.1) is 0 Å². The van der Waals surface area contributed by atoms with E-state index in [2.05, 4.69) is 17.6 Å². The van der Waals surface area contributed by atoms with Crippen molar-refractivity contribution in [2.24, 2.45) is 0 Å². The monoisotopic (exact) mass is 143 g/mol. The van der Waals surface area contributed by atoms with E-state index < -0.39 is 0 Å². The summed E-state index contributed by atoms with van der Waals surface area (Å²) in [5, 5.41) is 4.71. The molecule has 52 valence electrons. The van der Waals surface area contributed by atoms with Crippen LogP contribution in [0.5, 0.6) is 0 Å². The summed E-state index contributed by atoms with van der Waals surface area (Å²) in [7, 11) is 0. The van der Waals surface area contributed by atoms with E-state index in [-0.39, 0.29) is 0 Å². The van der Waals surface area contributed by atoms with E-state index in [1.807, 2.05) is 11.8 Å². The molecule has 0 aliphatic carbocycles. The third kappa shape index (κ3) is 2.31. The SMILES string of the molecule is CSC1=CCCCCN1. The first-order valence-corrected chi connectivity index (χ1v) is 4.64. The largest absolute Gasteiger partial charge is 0.380 e. The Labute approximate surface area is 60.9 Å². The van der Waals surface area contributed by atoms with Gasteiger partial charge in [0.05, 0.1) is 5.03 Å². The highest BCUT2D eigenvalue weighted by Crippen LogP contribution is 2.12. The van der Waals surface area contributed by atoms with Crippen molar-refractivity contribution in [1.29, 1.82) is 0 Å². The molecule has 0 amide bonds. The molecule has 2 heteroatoms. The van der Waals surface area contributed by atoms with Crippen molar-refractivity contribution in [3.05, 3.63) is 11.1 Å². The van der Waals surface area contributed by atoms with E-state index in [0.29, 0.717) is 0 Å². The molecule has 0 aromatic carbocycles. The summed E-state index contributed by atoms with van der Waals surface area (Å²) < 4.78 is 0. The Morgan fingerprint density at radius 2 is 2.44 bits per heavy atom. The van der Waals surface area contributed by atoms with Gasteiger partial charge in [0, 0.05) is 6.54 Å². The lowest BCUT2D eigenvalue weighted by atomic mass is 10.2. The van der Waals surface area contributed by atoms with Crippen LogP contribution in [0.25, 0.3) is 0 Å². The van der Waals surface area contributed by atoms with Crippen molar-refractivity contribution in [2.75, 3.05) is 12.8 Å². The predicted molar refractivity (Wildman–Crippen MR) is 43.5 cm³/mol. The third-order valence-corrected chi connectivity index (χ3v) is 2.23. The smallest absolute Gasteiger partial charge is 0.0637 e. The van der Waals surface area contributed by atoms with Gasteiger partial charge in [0.2, 0.25) is 0 Å². The number of thioether (sulfide) groups is 1. The fraction of sp³-hybridized carbons (Fsp3) is 0.714. The van der Waals surface area contributed by atoms with Crippen LogP contribution in [0.4, 0.5) is 0 Å². The zero-order chi connectivity index (χ0) is 6.53. The molecule has 0 saturated carbocycles. The molecule has 0 bridgehead atoms. The molecule has 0 spiro atoms. The molecule has 0 fully saturated rings. The summed E-state index contributed by atoms with van der Waals surface area (Å²) in [6.07, 6.45) is 8.32. The molecule has 0 atom stereocenters. The average molecular weight is 143 g/mol. The first-order chi connectivity index (χ1) is 4.43. The quantitative estimate of drug-likeness (QED) is 0.602. The second-order valence-corrected chi connectivity index (χ2v) is 3.04. The van der Waals surface area contributed by atoms with E-state index in [1.165, 1.54) is 24.3 Å². The van der Waals surface area contributed by atoms with Crippen LogP contribution in [0.2, 0.25) is 0 Å². The molecule has 1 heterocycles. The normalized spacial score (nSPS) is 19.9. The predicted octanol–water partition coefficient (Wildman–Crippen LogP) is 1.96. The van der Waals surface area contributed by atoms with Crippen molar-refractivity contribution in [1.82, 2.24) is 5.32 Å². The first kappa shape index (κ1) is 7.00. The van der Waals surface area contributed by atoms with Gasteiger partial charge in [-0.3, -0.25) is 0 Å². The van der Waals surface area contributed by atoms with Gasteiger partial charge in [-0.1, -0.05) is 6.08 Å². The van der Waals surface area contributed by atoms with Crippen molar-refractivity contribution in [3.63, 3.8) is 0 Å². The van der Waals surface area contributed by atoms with Gasteiger partial charge in [-0.2, -0.15) is 0 Å². The number of hydrogen-bond acceptors (Lipinski definition) is 2. The van der Waals surface area contributed by atoms with Gasteiger partial charge in [-0.15, -0.1) is 11.8 Å². The zero-order valence-electron chi connectivity index (χ0n) is 5.81. The highest BCUT2D eigenvalue weighted by Gasteiger charge is 1.97. The highest BCUT2D eigenvalue weighted by atomic mass is 32.2. The summed E-state index contributed by atoms with van der Waals surface area (Å²) in [6.45, 7) is 1.16. The highest BCUT2D eigenvalue weighted by molar-refractivity contribution is 8.02. The molecule has 0 radical (unpaired) electrons. The Hall–Kier alpha value is -0.110. The molecule has 1 rings (SSSR count). The Kier molecular flexibility index (Phi) is 2.98. The Balaban J connectivity index is 2.37. The zero-order valence-corrected chi connectivity index (χ0v) is 6.63. The topological polar surface area (TPSA) is 12.0 Å². The van der Waals surface area contributed by atoms with Crippen molar-refractivity contribution in [2.45, 2.75) is 19.3 Å². The van der Waals surface area contributed by atoms with E-state index in [1.54, 1.807) is 0 Å². The summed E-state index contributed by atoms with van der Waals surface area (Å²) in [6, 6.07) is 0. The van der Waals surface area contributed by atoms with Crippen LogP contribution in [-0.2, 0) is 0 Å². The minimum atomic E-state index is 1.16. The molecule has 1 N–H and O–H groups in total. The van der Waals surface area contributed by atoms with E-state index in [4.69, 9.17) is 0 Å². The molecule has 1 aliphatic heterocycles.